The maximum atomic E-state index is 9.34. The van der Waals surface area contributed by atoms with Crippen LogP contribution in [0.15, 0.2) is 73.2 Å². The molecule has 0 fully saturated rings. The molecule has 0 atom stereocenters. The van der Waals surface area contributed by atoms with Crippen molar-refractivity contribution in [1.29, 1.82) is 0 Å². The number of anilines is 1. The molecule has 0 amide bonds. The van der Waals surface area contributed by atoms with Gasteiger partial charge in [-0.1, -0.05) is 30.3 Å². The Kier molecular flexibility index (Phi) is 4.53. The largest absolute Gasteiger partial charge is 0.395 e. The number of benzene rings is 1. The highest BCUT2D eigenvalue weighted by atomic mass is 16.3. The summed E-state index contributed by atoms with van der Waals surface area (Å²) in [6.07, 6.45) is 5.28. The second kappa shape index (κ2) is 7.29. The third-order valence-electron chi connectivity index (χ3n) is 4.19. The third-order valence-corrected chi connectivity index (χ3v) is 4.19. The molecule has 2 N–H and O–H groups in total. The van der Waals surface area contributed by atoms with E-state index in [1.807, 2.05) is 54.6 Å². The highest BCUT2D eigenvalue weighted by Gasteiger charge is 2.18. The first kappa shape index (κ1) is 16.2. The number of hydrogen-bond acceptors (Lipinski definition) is 5. The van der Waals surface area contributed by atoms with Gasteiger partial charge in [-0.15, -0.1) is 0 Å². The van der Waals surface area contributed by atoms with Crippen molar-refractivity contribution in [3.05, 3.63) is 73.2 Å². The standard InChI is InChI=1S/C21H18N4O/c26-14-13-23-20-17-7-4-10-24-21(17)25-19(16-5-2-1-3-6-16)18(20)15-8-11-22-12-9-15/h1-12,26H,13-14H2,(H,23,24,25). The molecule has 5 heteroatoms. The van der Waals surface area contributed by atoms with Crippen LogP contribution in [0.5, 0.6) is 0 Å². The predicted molar refractivity (Wildman–Crippen MR) is 104 cm³/mol. The summed E-state index contributed by atoms with van der Waals surface area (Å²) >= 11 is 0. The van der Waals surface area contributed by atoms with E-state index in [2.05, 4.69) is 15.3 Å². The van der Waals surface area contributed by atoms with E-state index in [0.717, 1.165) is 33.5 Å². The van der Waals surface area contributed by atoms with Crippen molar-refractivity contribution in [1.82, 2.24) is 15.0 Å². The van der Waals surface area contributed by atoms with Crippen molar-refractivity contribution in [3.63, 3.8) is 0 Å². The maximum absolute atomic E-state index is 9.34. The van der Waals surface area contributed by atoms with Crippen LogP contribution in [-0.2, 0) is 0 Å². The summed E-state index contributed by atoms with van der Waals surface area (Å²) in [4.78, 5) is 13.4. The second-order valence-electron chi connectivity index (χ2n) is 5.84. The van der Waals surface area contributed by atoms with Gasteiger partial charge in [0.25, 0.3) is 0 Å². The summed E-state index contributed by atoms with van der Waals surface area (Å²) in [5, 5.41) is 13.6. The molecular weight excluding hydrogens is 324 g/mol. The Bertz CT molecular complexity index is 1020. The number of nitrogens with one attached hydrogen (secondary N) is 1. The molecule has 4 rings (SSSR count). The first-order chi connectivity index (χ1) is 12.9. The molecule has 0 aliphatic carbocycles. The summed E-state index contributed by atoms with van der Waals surface area (Å²) in [6, 6.07) is 17.9. The van der Waals surface area contributed by atoms with Gasteiger partial charge in [-0.3, -0.25) is 4.98 Å². The molecule has 4 aromatic rings. The summed E-state index contributed by atoms with van der Waals surface area (Å²) in [7, 11) is 0. The van der Waals surface area contributed by atoms with Crippen LogP contribution in [0.2, 0.25) is 0 Å². The minimum absolute atomic E-state index is 0.0422. The zero-order chi connectivity index (χ0) is 17.8. The van der Waals surface area contributed by atoms with Crippen molar-refractivity contribution in [3.8, 4) is 22.4 Å². The van der Waals surface area contributed by atoms with Gasteiger partial charge < -0.3 is 10.4 Å². The maximum Gasteiger partial charge on any atom is 0.161 e. The average Bonchev–Trinajstić information content (AvgIpc) is 2.72. The van der Waals surface area contributed by atoms with Crippen molar-refractivity contribution < 1.29 is 5.11 Å². The third kappa shape index (κ3) is 3.00. The monoisotopic (exact) mass is 342 g/mol. The lowest BCUT2D eigenvalue weighted by atomic mass is 9.96. The van der Waals surface area contributed by atoms with E-state index < -0.39 is 0 Å². The SMILES string of the molecule is OCCNc1c(-c2ccncc2)c(-c2ccccc2)nc2ncccc12. The topological polar surface area (TPSA) is 70.9 Å². The van der Waals surface area contributed by atoms with Crippen LogP contribution >= 0.6 is 0 Å². The number of fused-ring (bicyclic) bond motifs is 1. The molecule has 0 radical (unpaired) electrons. The van der Waals surface area contributed by atoms with Gasteiger partial charge in [-0.05, 0) is 29.8 Å². The Morgan fingerprint density at radius 3 is 2.42 bits per heavy atom. The molecule has 0 spiro atoms. The van der Waals surface area contributed by atoms with Crippen LogP contribution < -0.4 is 5.32 Å². The Labute approximate surface area is 151 Å². The fourth-order valence-electron chi connectivity index (χ4n) is 3.07. The highest BCUT2D eigenvalue weighted by molar-refractivity contribution is 6.03. The van der Waals surface area contributed by atoms with Crippen molar-refractivity contribution >= 4 is 16.7 Å². The van der Waals surface area contributed by atoms with E-state index in [1.54, 1.807) is 18.6 Å². The molecular formula is C21H18N4O. The molecule has 128 valence electrons. The minimum atomic E-state index is 0.0422. The van der Waals surface area contributed by atoms with Crippen LogP contribution in [0.4, 0.5) is 5.69 Å². The lowest BCUT2D eigenvalue weighted by molar-refractivity contribution is 0.311. The molecule has 1 aromatic carbocycles. The number of aliphatic hydroxyl groups is 1. The van der Waals surface area contributed by atoms with E-state index >= 15 is 0 Å². The molecule has 0 unspecified atom stereocenters. The highest BCUT2D eigenvalue weighted by Crippen LogP contribution is 2.40. The summed E-state index contributed by atoms with van der Waals surface area (Å²) in [5.74, 6) is 0. The van der Waals surface area contributed by atoms with Crippen LogP contribution in [0, 0.1) is 0 Å². The molecule has 0 aliphatic heterocycles. The summed E-state index contributed by atoms with van der Waals surface area (Å²) in [5.41, 5.74) is 5.44. The zero-order valence-corrected chi connectivity index (χ0v) is 14.1. The van der Waals surface area contributed by atoms with E-state index in [-0.39, 0.29) is 6.61 Å². The number of hydrogen-bond donors (Lipinski definition) is 2. The van der Waals surface area contributed by atoms with Gasteiger partial charge in [-0.2, -0.15) is 0 Å². The molecule has 3 aromatic heterocycles. The molecule has 3 heterocycles. The normalized spacial score (nSPS) is 10.8. The average molecular weight is 342 g/mol. The smallest absolute Gasteiger partial charge is 0.161 e. The Morgan fingerprint density at radius 1 is 0.846 bits per heavy atom. The molecule has 0 aliphatic rings. The van der Waals surface area contributed by atoms with Gasteiger partial charge in [-0.25, -0.2) is 9.97 Å². The fraction of sp³-hybridized carbons (Fsp3) is 0.0952. The molecule has 0 bridgehead atoms. The number of nitrogens with zero attached hydrogens (tertiary/aromatic N) is 3. The minimum Gasteiger partial charge on any atom is -0.395 e. The predicted octanol–water partition coefficient (Wildman–Crippen LogP) is 3.76. The molecule has 5 nitrogen and oxygen atoms in total. The van der Waals surface area contributed by atoms with E-state index in [1.165, 1.54) is 0 Å². The molecule has 26 heavy (non-hydrogen) atoms. The molecule has 0 saturated heterocycles. The summed E-state index contributed by atoms with van der Waals surface area (Å²) < 4.78 is 0. The van der Waals surface area contributed by atoms with Crippen LogP contribution in [0.1, 0.15) is 0 Å². The quantitative estimate of drug-likeness (QED) is 0.578. The van der Waals surface area contributed by atoms with Crippen LogP contribution in [-0.4, -0.2) is 33.2 Å². The van der Waals surface area contributed by atoms with Gasteiger partial charge >= 0.3 is 0 Å². The van der Waals surface area contributed by atoms with Crippen LogP contribution in [0.25, 0.3) is 33.4 Å². The number of aliphatic hydroxyl groups excluding tert-OH is 1. The van der Waals surface area contributed by atoms with Gasteiger partial charge in [0.05, 0.1) is 18.0 Å². The zero-order valence-electron chi connectivity index (χ0n) is 14.1. The summed E-state index contributed by atoms with van der Waals surface area (Å²) in [6.45, 7) is 0.487. The van der Waals surface area contributed by atoms with E-state index in [4.69, 9.17) is 4.98 Å². The van der Waals surface area contributed by atoms with E-state index in [0.29, 0.717) is 12.2 Å². The van der Waals surface area contributed by atoms with Crippen LogP contribution in [0.3, 0.4) is 0 Å². The van der Waals surface area contributed by atoms with Gasteiger partial charge in [0, 0.05) is 41.6 Å². The first-order valence-electron chi connectivity index (χ1n) is 8.48. The Balaban J connectivity index is 2.08. The number of aromatic nitrogens is 3. The van der Waals surface area contributed by atoms with Crippen molar-refractivity contribution in [2.24, 2.45) is 0 Å². The lowest BCUT2D eigenvalue weighted by Gasteiger charge is -2.18. The van der Waals surface area contributed by atoms with Gasteiger partial charge in [0.2, 0.25) is 0 Å². The number of pyridine rings is 3. The van der Waals surface area contributed by atoms with Crippen molar-refractivity contribution in [2.75, 3.05) is 18.5 Å². The van der Waals surface area contributed by atoms with Crippen molar-refractivity contribution in [2.45, 2.75) is 0 Å². The number of rotatable bonds is 5. The second-order valence-corrected chi connectivity index (χ2v) is 5.84. The molecule has 0 saturated carbocycles. The van der Waals surface area contributed by atoms with E-state index in [9.17, 15) is 5.11 Å². The first-order valence-corrected chi connectivity index (χ1v) is 8.48. The Hall–Kier alpha value is -3.31. The van der Waals surface area contributed by atoms with Gasteiger partial charge in [0.1, 0.15) is 0 Å². The lowest BCUT2D eigenvalue weighted by Crippen LogP contribution is -2.09. The Morgan fingerprint density at radius 2 is 1.65 bits per heavy atom. The fourth-order valence-corrected chi connectivity index (χ4v) is 3.07. The van der Waals surface area contributed by atoms with Gasteiger partial charge in [0.15, 0.2) is 5.65 Å².